The summed E-state index contributed by atoms with van der Waals surface area (Å²) in [4.78, 5) is 0. The minimum atomic E-state index is 0. The highest BCUT2D eigenvalue weighted by atomic mass is 79.9. The first kappa shape index (κ1) is 37.1. The summed E-state index contributed by atoms with van der Waals surface area (Å²) < 4.78 is 1.28. The number of nitrogens with zero attached hydrogens (tertiary/aromatic N) is 1. The standard InChI is InChI=1S/C31H65BrN.BrH/c1-5-8-10-12-14-16-17-18-19-20-21-23-25-27-29-33(4,7-3)31(30-32)28-26-24-22-15-13-11-9-6-2;/h31H,5-30H2,1-4H3;1H/q+1;/p-1. The predicted molar refractivity (Wildman–Crippen MR) is 157 cm³/mol. The molecule has 0 radical (unpaired) electrons. The third-order valence-electron chi connectivity index (χ3n) is 8.20. The summed E-state index contributed by atoms with van der Waals surface area (Å²) in [5, 5.41) is 1.17. The Kier molecular flexibility index (Phi) is 31.1. The number of quaternary nitrogens is 1. The van der Waals surface area contributed by atoms with Gasteiger partial charge < -0.3 is 21.5 Å². The molecular formula is C31H65Br2N. The van der Waals surface area contributed by atoms with Gasteiger partial charge in [0, 0.05) is 6.42 Å². The zero-order valence-electron chi connectivity index (χ0n) is 24.2. The van der Waals surface area contributed by atoms with E-state index in [0.29, 0.717) is 0 Å². The summed E-state index contributed by atoms with van der Waals surface area (Å²) in [6.45, 7) is 9.68. The molecule has 0 aromatic rings. The Balaban J connectivity index is 0. The third-order valence-corrected chi connectivity index (χ3v) is 8.94. The molecule has 0 N–H and O–H groups in total. The highest BCUT2D eigenvalue weighted by Gasteiger charge is 2.29. The highest BCUT2D eigenvalue weighted by molar-refractivity contribution is 9.09. The monoisotopic (exact) mass is 609 g/mol. The van der Waals surface area contributed by atoms with Crippen LogP contribution in [0, 0.1) is 0 Å². The predicted octanol–water partition coefficient (Wildman–Crippen LogP) is 8.23. The van der Waals surface area contributed by atoms with E-state index in [1.165, 1.54) is 171 Å². The first-order valence-corrected chi connectivity index (χ1v) is 16.7. The van der Waals surface area contributed by atoms with Gasteiger partial charge in [0.05, 0.1) is 31.5 Å². The molecule has 208 valence electrons. The molecule has 2 unspecified atom stereocenters. The summed E-state index contributed by atoms with van der Waals surface area (Å²) in [7, 11) is 2.53. The largest absolute Gasteiger partial charge is 1.00 e. The average Bonchev–Trinajstić information content (AvgIpc) is 2.83. The number of halogens is 2. The van der Waals surface area contributed by atoms with Crippen LogP contribution < -0.4 is 17.0 Å². The molecule has 0 aromatic carbocycles. The van der Waals surface area contributed by atoms with Crippen molar-refractivity contribution in [3.05, 3.63) is 0 Å². The van der Waals surface area contributed by atoms with E-state index in [4.69, 9.17) is 0 Å². The van der Waals surface area contributed by atoms with Crippen LogP contribution in [-0.2, 0) is 0 Å². The Morgan fingerprint density at radius 1 is 0.500 bits per heavy atom. The molecule has 0 aliphatic carbocycles. The zero-order chi connectivity index (χ0) is 24.5. The van der Waals surface area contributed by atoms with Crippen LogP contribution in [0.25, 0.3) is 0 Å². The molecular weight excluding hydrogens is 546 g/mol. The fourth-order valence-electron chi connectivity index (χ4n) is 5.34. The molecule has 0 spiro atoms. The van der Waals surface area contributed by atoms with Gasteiger partial charge >= 0.3 is 0 Å². The van der Waals surface area contributed by atoms with E-state index in [1.54, 1.807) is 0 Å². The second-order valence-electron chi connectivity index (χ2n) is 11.2. The molecule has 0 heterocycles. The van der Waals surface area contributed by atoms with Gasteiger partial charge in [-0.1, -0.05) is 152 Å². The minimum Gasteiger partial charge on any atom is -1.00 e. The van der Waals surface area contributed by atoms with Crippen LogP contribution in [0.1, 0.15) is 168 Å². The SMILES string of the molecule is CCCCCCCCCCCCCCCC[N+](C)(CC)C(CBr)CCCCCCCCCC.[Br-]. The van der Waals surface area contributed by atoms with Crippen molar-refractivity contribution in [1.82, 2.24) is 0 Å². The van der Waals surface area contributed by atoms with Crippen LogP contribution in [0.4, 0.5) is 0 Å². The van der Waals surface area contributed by atoms with Gasteiger partial charge in [0.2, 0.25) is 0 Å². The maximum atomic E-state index is 3.87. The topological polar surface area (TPSA) is 0 Å². The number of hydrogen-bond donors (Lipinski definition) is 0. The number of rotatable bonds is 27. The second kappa shape index (κ2) is 28.5. The van der Waals surface area contributed by atoms with E-state index in [2.05, 4.69) is 43.7 Å². The average molecular weight is 612 g/mol. The Bertz CT molecular complexity index is 376. The fraction of sp³-hybridized carbons (Fsp3) is 1.00. The van der Waals surface area contributed by atoms with Gasteiger partial charge in [-0.3, -0.25) is 0 Å². The summed E-state index contributed by atoms with van der Waals surface area (Å²) in [5.74, 6) is 0. The van der Waals surface area contributed by atoms with Gasteiger partial charge in [0.1, 0.15) is 0 Å². The maximum absolute atomic E-state index is 3.87. The van der Waals surface area contributed by atoms with Gasteiger partial charge in [0.25, 0.3) is 0 Å². The van der Waals surface area contributed by atoms with Gasteiger partial charge in [-0.25, -0.2) is 0 Å². The van der Waals surface area contributed by atoms with Crippen molar-refractivity contribution in [2.45, 2.75) is 174 Å². The molecule has 0 saturated carbocycles. The molecule has 0 aliphatic heterocycles. The molecule has 0 saturated heterocycles. The lowest BCUT2D eigenvalue weighted by Crippen LogP contribution is -3.00. The van der Waals surface area contributed by atoms with Crippen LogP contribution in [-0.4, -0.2) is 36.0 Å². The van der Waals surface area contributed by atoms with Gasteiger partial charge in [-0.2, -0.15) is 0 Å². The van der Waals surface area contributed by atoms with E-state index in [9.17, 15) is 0 Å². The van der Waals surface area contributed by atoms with E-state index >= 15 is 0 Å². The van der Waals surface area contributed by atoms with Crippen LogP contribution in [0.3, 0.4) is 0 Å². The highest BCUT2D eigenvalue weighted by Crippen LogP contribution is 2.22. The second-order valence-corrected chi connectivity index (χ2v) is 11.8. The fourth-order valence-corrected chi connectivity index (χ4v) is 6.36. The summed E-state index contributed by atoms with van der Waals surface area (Å²) in [6, 6.07) is 0.803. The molecule has 0 amide bonds. The smallest absolute Gasteiger partial charge is 0.0986 e. The normalized spacial score (nSPS) is 14.0. The maximum Gasteiger partial charge on any atom is 0.0986 e. The molecule has 1 nitrogen and oxygen atoms in total. The molecule has 0 aromatic heterocycles. The van der Waals surface area contributed by atoms with Crippen molar-refractivity contribution in [3.63, 3.8) is 0 Å². The Morgan fingerprint density at radius 3 is 1.15 bits per heavy atom. The van der Waals surface area contributed by atoms with Crippen molar-refractivity contribution >= 4 is 15.9 Å². The molecule has 0 fully saturated rings. The van der Waals surface area contributed by atoms with Crippen LogP contribution >= 0.6 is 15.9 Å². The van der Waals surface area contributed by atoms with E-state index in [1.807, 2.05) is 0 Å². The number of hydrogen-bond acceptors (Lipinski definition) is 0. The molecule has 0 rings (SSSR count). The summed E-state index contributed by atoms with van der Waals surface area (Å²) in [5.41, 5.74) is 0. The van der Waals surface area contributed by atoms with Crippen molar-refractivity contribution in [2.24, 2.45) is 0 Å². The van der Waals surface area contributed by atoms with Crippen LogP contribution in [0.2, 0.25) is 0 Å². The van der Waals surface area contributed by atoms with Crippen molar-refractivity contribution < 1.29 is 21.5 Å². The van der Waals surface area contributed by atoms with Crippen LogP contribution in [0.5, 0.6) is 0 Å². The van der Waals surface area contributed by atoms with Crippen LogP contribution in [0.15, 0.2) is 0 Å². The summed E-state index contributed by atoms with van der Waals surface area (Å²) >= 11 is 3.87. The molecule has 0 bridgehead atoms. The number of alkyl halides is 1. The Labute approximate surface area is 236 Å². The Hall–Kier alpha value is 0.920. The zero-order valence-corrected chi connectivity index (χ0v) is 27.3. The van der Waals surface area contributed by atoms with Gasteiger partial charge in [0.15, 0.2) is 0 Å². The Morgan fingerprint density at radius 2 is 0.824 bits per heavy atom. The lowest BCUT2D eigenvalue weighted by molar-refractivity contribution is -0.929. The lowest BCUT2D eigenvalue weighted by Gasteiger charge is -2.40. The number of unbranched alkanes of at least 4 members (excludes halogenated alkanes) is 20. The van der Waals surface area contributed by atoms with Crippen molar-refractivity contribution in [2.75, 3.05) is 25.5 Å². The van der Waals surface area contributed by atoms with E-state index < -0.39 is 0 Å². The molecule has 2 atom stereocenters. The quantitative estimate of drug-likeness (QED) is 0.0499. The van der Waals surface area contributed by atoms with Gasteiger partial charge in [-0.15, -0.1) is 0 Å². The lowest BCUT2D eigenvalue weighted by atomic mass is 10.0. The van der Waals surface area contributed by atoms with Crippen molar-refractivity contribution in [1.29, 1.82) is 0 Å². The van der Waals surface area contributed by atoms with Gasteiger partial charge in [-0.05, 0) is 26.2 Å². The molecule has 3 heteroatoms. The first-order chi connectivity index (χ1) is 16.1. The summed E-state index contributed by atoms with van der Waals surface area (Å²) in [6.07, 6.45) is 33.2. The van der Waals surface area contributed by atoms with E-state index in [-0.39, 0.29) is 17.0 Å². The van der Waals surface area contributed by atoms with Crippen molar-refractivity contribution in [3.8, 4) is 0 Å². The first-order valence-electron chi connectivity index (χ1n) is 15.5. The molecule has 0 aliphatic rings. The van der Waals surface area contributed by atoms with E-state index in [0.717, 1.165) is 6.04 Å². The minimum absolute atomic E-state index is 0. The molecule has 34 heavy (non-hydrogen) atoms. The third kappa shape index (κ3) is 22.1.